The maximum Gasteiger partial charge on any atom is 0.356 e. The van der Waals surface area contributed by atoms with Crippen LogP contribution in [0.2, 0.25) is 0 Å². The molecule has 0 spiro atoms. The van der Waals surface area contributed by atoms with Gasteiger partial charge < -0.3 is 0 Å². The molecule has 1 rings (SSSR count). The molecule has 1 saturated heterocycles. The predicted octanol–water partition coefficient (Wildman–Crippen LogP) is 2.20. The van der Waals surface area contributed by atoms with Crippen molar-refractivity contribution in [2.45, 2.75) is 44.3 Å². The minimum atomic E-state index is -4.44. The summed E-state index contributed by atoms with van der Waals surface area (Å²) in [7, 11) is -4.44. The number of sulfonamides is 1. The van der Waals surface area contributed by atoms with E-state index in [1.54, 1.807) is 0 Å². The van der Waals surface area contributed by atoms with Crippen LogP contribution in [0.1, 0.15) is 39.0 Å². The van der Waals surface area contributed by atoms with Crippen LogP contribution >= 0.6 is 0 Å². The zero-order valence-electron chi connectivity index (χ0n) is 8.88. The van der Waals surface area contributed by atoms with Crippen molar-refractivity contribution in [3.63, 3.8) is 0 Å². The zero-order valence-corrected chi connectivity index (χ0v) is 9.69. The fourth-order valence-electron chi connectivity index (χ4n) is 1.69. The molecular formula is C9H17F2NO2S. The zero-order chi connectivity index (χ0) is 11.5. The largest absolute Gasteiger partial charge is 0.356 e. The molecule has 6 heteroatoms. The van der Waals surface area contributed by atoms with Gasteiger partial charge in [0.1, 0.15) is 0 Å². The molecule has 1 aliphatic heterocycles. The minimum Gasteiger partial charge on any atom is -0.206 e. The van der Waals surface area contributed by atoms with Gasteiger partial charge in [-0.3, -0.25) is 0 Å². The van der Waals surface area contributed by atoms with Crippen LogP contribution in [0.15, 0.2) is 0 Å². The van der Waals surface area contributed by atoms with Crippen molar-refractivity contribution in [1.82, 2.24) is 4.31 Å². The Kier molecular flexibility index (Phi) is 4.06. The van der Waals surface area contributed by atoms with E-state index in [1.165, 1.54) is 0 Å². The molecule has 0 aliphatic carbocycles. The van der Waals surface area contributed by atoms with E-state index in [-0.39, 0.29) is 13.1 Å². The number of nitrogens with zero attached hydrogens (tertiary/aromatic N) is 1. The third kappa shape index (κ3) is 3.11. The molecule has 3 nitrogen and oxygen atoms in total. The highest BCUT2D eigenvalue weighted by atomic mass is 32.2. The van der Waals surface area contributed by atoms with E-state index in [2.05, 4.69) is 0 Å². The maximum atomic E-state index is 12.9. The Morgan fingerprint density at radius 1 is 1.00 bits per heavy atom. The van der Waals surface area contributed by atoms with Crippen LogP contribution in [0.3, 0.4) is 0 Å². The first-order valence-corrected chi connectivity index (χ1v) is 6.67. The van der Waals surface area contributed by atoms with Gasteiger partial charge in [-0.05, 0) is 12.8 Å². The Morgan fingerprint density at radius 2 is 1.40 bits per heavy atom. The summed E-state index contributed by atoms with van der Waals surface area (Å²) in [5.74, 6) is 0. The predicted molar refractivity (Wildman–Crippen MR) is 54.2 cm³/mol. The Hall–Kier alpha value is -0.230. The maximum absolute atomic E-state index is 12.9. The first-order chi connectivity index (χ1) is 6.86. The smallest absolute Gasteiger partial charge is 0.206 e. The van der Waals surface area contributed by atoms with E-state index >= 15 is 0 Å². The van der Waals surface area contributed by atoms with Gasteiger partial charge in [-0.1, -0.05) is 19.3 Å². The molecule has 0 atom stereocenters. The van der Waals surface area contributed by atoms with Crippen molar-refractivity contribution in [2.24, 2.45) is 0 Å². The van der Waals surface area contributed by atoms with Crippen LogP contribution in [0, 0.1) is 0 Å². The molecule has 0 amide bonds. The summed E-state index contributed by atoms with van der Waals surface area (Å²) in [5, 5.41) is -3.66. The summed E-state index contributed by atoms with van der Waals surface area (Å²) in [5.41, 5.74) is 0. The summed E-state index contributed by atoms with van der Waals surface area (Å²) < 4.78 is 49.6. The molecule has 1 aliphatic rings. The van der Waals surface area contributed by atoms with E-state index in [0.29, 0.717) is 19.8 Å². The van der Waals surface area contributed by atoms with E-state index in [4.69, 9.17) is 0 Å². The number of alkyl halides is 2. The molecule has 0 radical (unpaired) electrons. The topological polar surface area (TPSA) is 37.4 Å². The van der Waals surface area contributed by atoms with Crippen molar-refractivity contribution in [1.29, 1.82) is 0 Å². The summed E-state index contributed by atoms with van der Waals surface area (Å²) in [6, 6.07) is 0. The van der Waals surface area contributed by atoms with Crippen molar-refractivity contribution in [3.05, 3.63) is 0 Å². The lowest BCUT2D eigenvalue weighted by Gasteiger charge is -2.26. The highest BCUT2D eigenvalue weighted by Gasteiger charge is 2.43. The lowest BCUT2D eigenvalue weighted by molar-refractivity contribution is 0.104. The fourth-order valence-corrected chi connectivity index (χ4v) is 2.88. The fraction of sp³-hybridized carbons (Fsp3) is 1.00. The second-order valence-electron chi connectivity index (χ2n) is 3.98. The van der Waals surface area contributed by atoms with Crippen LogP contribution < -0.4 is 0 Å². The second-order valence-corrected chi connectivity index (χ2v) is 6.16. The Bertz CT molecular complexity index is 290. The number of rotatable bonds is 2. The van der Waals surface area contributed by atoms with Crippen LogP contribution in [0.5, 0.6) is 0 Å². The Labute approximate surface area is 89.5 Å². The first kappa shape index (κ1) is 12.8. The second kappa shape index (κ2) is 4.74. The van der Waals surface area contributed by atoms with Crippen molar-refractivity contribution < 1.29 is 17.2 Å². The number of hydrogen-bond donors (Lipinski definition) is 0. The van der Waals surface area contributed by atoms with E-state index in [0.717, 1.165) is 23.6 Å². The molecule has 1 fully saturated rings. The van der Waals surface area contributed by atoms with Crippen LogP contribution in [-0.4, -0.2) is 31.1 Å². The highest BCUT2D eigenvalue weighted by molar-refractivity contribution is 7.90. The molecule has 0 N–H and O–H groups in total. The lowest BCUT2D eigenvalue weighted by atomic mass is 10.1. The molecule has 15 heavy (non-hydrogen) atoms. The third-order valence-electron chi connectivity index (χ3n) is 2.61. The lowest BCUT2D eigenvalue weighted by Crippen LogP contribution is -2.42. The SMILES string of the molecule is CC(F)(F)S(=O)(=O)N1CCCCCCC1. The quantitative estimate of drug-likeness (QED) is 0.743. The average Bonchev–Trinajstić information content (AvgIpc) is 1.99. The standard InChI is InChI=1S/C9H17F2NO2S/c1-9(10,11)15(13,14)12-7-5-3-2-4-6-8-12/h2-8H2,1H3. The molecule has 0 saturated carbocycles. The molecule has 90 valence electrons. The van der Waals surface area contributed by atoms with Gasteiger partial charge in [0.25, 0.3) is 10.0 Å². The van der Waals surface area contributed by atoms with Crippen molar-refractivity contribution in [2.75, 3.05) is 13.1 Å². The summed E-state index contributed by atoms with van der Waals surface area (Å²) in [6.07, 6.45) is 4.25. The molecule has 0 aromatic rings. The molecule has 0 bridgehead atoms. The first-order valence-electron chi connectivity index (χ1n) is 5.23. The molecule has 1 heterocycles. The number of halogens is 2. The van der Waals surface area contributed by atoms with Gasteiger partial charge in [-0.15, -0.1) is 0 Å². The third-order valence-corrected chi connectivity index (χ3v) is 4.56. The van der Waals surface area contributed by atoms with Gasteiger partial charge in [0.15, 0.2) is 0 Å². The van der Waals surface area contributed by atoms with Gasteiger partial charge >= 0.3 is 5.25 Å². The highest BCUT2D eigenvalue weighted by Crippen LogP contribution is 2.26. The van der Waals surface area contributed by atoms with Gasteiger partial charge in [0.05, 0.1) is 0 Å². The summed E-state index contributed by atoms with van der Waals surface area (Å²) in [6.45, 7) is 0.901. The Morgan fingerprint density at radius 3 is 1.80 bits per heavy atom. The van der Waals surface area contributed by atoms with E-state index in [9.17, 15) is 17.2 Å². The van der Waals surface area contributed by atoms with Gasteiger partial charge in [-0.2, -0.15) is 13.1 Å². The normalized spacial score (nSPS) is 22.1. The summed E-state index contributed by atoms with van der Waals surface area (Å²) in [4.78, 5) is 0. The molecule has 0 unspecified atom stereocenters. The molecule has 0 aromatic carbocycles. The van der Waals surface area contributed by atoms with Gasteiger partial charge in [0, 0.05) is 20.0 Å². The van der Waals surface area contributed by atoms with Crippen LogP contribution in [0.25, 0.3) is 0 Å². The monoisotopic (exact) mass is 241 g/mol. The molecule has 0 aromatic heterocycles. The average molecular weight is 241 g/mol. The van der Waals surface area contributed by atoms with Crippen molar-refractivity contribution in [3.8, 4) is 0 Å². The van der Waals surface area contributed by atoms with Gasteiger partial charge in [-0.25, -0.2) is 8.42 Å². The summed E-state index contributed by atoms with van der Waals surface area (Å²) >= 11 is 0. The molecular weight excluding hydrogens is 224 g/mol. The van der Waals surface area contributed by atoms with Crippen LogP contribution in [-0.2, 0) is 10.0 Å². The number of hydrogen-bond acceptors (Lipinski definition) is 2. The van der Waals surface area contributed by atoms with Crippen LogP contribution in [0.4, 0.5) is 8.78 Å². The van der Waals surface area contributed by atoms with E-state index < -0.39 is 15.3 Å². The van der Waals surface area contributed by atoms with E-state index in [1.807, 2.05) is 0 Å². The minimum absolute atomic E-state index is 0.228. The van der Waals surface area contributed by atoms with Gasteiger partial charge in [0.2, 0.25) is 0 Å². The Balaban J connectivity index is 2.76. The van der Waals surface area contributed by atoms with Crippen molar-refractivity contribution >= 4 is 10.0 Å².